The number of allylic oxidation sites excluding steroid dienone is 2. The molecule has 1 aliphatic rings. The Morgan fingerprint density at radius 2 is 2.00 bits per heavy atom. The van der Waals surface area contributed by atoms with Crippen LogP contribution in [0.5, 0.6) is 0 Å². The molecule has 0 saturated carbocycles. The first-order valence-corrected chi connectivity index (χ1v) is 7.04. The first kappa shape index (κ1) is 15.0. The Morgan fingerprint density at radius 3 is 2.67 bits per heavy atom. The molecule has 0 spiro atoms. The van der Waals surface area contributed by atoms with Crippen molar-refractivity contribution < 1.29 is 9.53 Å². The molecule has 0 aliphatic carbocycles. The Hall–Kier alpha value is -1.05. The van der Waals surface area contributed by atoms with Gasteiger partial charge in [0.05, 0.1) is 0 Å². The molecule has 0 aromatic rings. The molecule has 2 heteroatoms. The summed E-state index contributed by atoms with van der Waals surface area (Å²) >= 11 is 0. The van der Waals surface area contributed by atoms with E-state index in [2.05, 4.69) is 32.9 Å². The van der Waals surface area contributed by atoms with Crippen LogP contribution in [0.3, 0.4) is 0 Å². The largest absolute Gasteiger partial charge is 0.461 e. The zero-order valence-corrected chi connectivity index (χ0v) is 12.2. The molecule has 0 aromatic heterocycles. The number of carbonyl (C=O) groups excluding carboxylic acids is 1. The highest BCUT2D eigenvalue weighted by atomic mass is 16.5. The first-order valence-electron chi connectivity index (χ1n) is 7.04. The maximum Gasteiger partial charge on any atom is 0.334 e. The molecule has 0 fully saturated rings. The standard InChI is InChI=1S/C16H26O2/c1-5-6-7-8-9-10-11-14-13(2)15(17)18-12-16(14,3)4/h10-11H,5-9,12H2,1-4H3/b11-10+. The van der Waals surface area contributed by atoms with Gasteiger partial charge in [-0.3, -0.25) is 0 Å². The predicted molar refractivity (Wildman–Crippen MR) is 75.3 cm³/mol. The van der Waals surface area contributed by atoms with E-state index in [1.165, 1.54) is 25.7 Å². The zero-order chi connectivity index (χ0) is 13.6. The smallest absolute Gasteiger partial charge is 0.334 e. The minimum atomic E-state index is -0.167. The lowest BCUT2D eigenvalue weighted by Crippen LogP contribution is -2.31. The molecule has 1 aliphatic heterocycles. The molecule has 2 nitrogen and oxygen atoms in total. The number of carbonyl (C=O) groups is 1. The summed E-state index contributed by atoms with van der Waals surface area (Å²) in [6.45, 7) is 8.82. The van der Waals surface area contributed by atoms with Gasteiger partial charge in [-0.05, 0) is 25.3 Å². The molecule has 0 unspecified atom stereocenters. The van der Waals surface area contributed by atoms with Crippen molar-refractivity contribution in [1.82, 2.24) is 0 Å². The number of esters is 1. The molecule has 0 amide bonds. The Balaban J connectivity index is 2.59. The molecule has 1 heterocycles. The molecule has 0 atom stereocenters. The van der Waals surface area contributed by atoms with Crippen LogP contribution in [0, 0.1) is 5.41 Å². The Labute approximate surface area is 111 Å². The van der Waals surface area contributed by atoms with Crippen LogP contribution < -0.4 is 0 Å². The number of hydrogen-bond donors (Lipinski definition) is 0. The van der Waals surface area contributed by atoms with Crippen LogP contribution in [0.1, 0.15) is 59.8 Å². The second-order valence-corrected chi connectivity index (χ2v) is 5.75. The van der Waals surface area contributed by atoms with E-state index < -0.39 is 0 Å². The highest BCUT2D eigenvalue weighted by Crippen LogP contribution is 2.34. The third kappa shape index (κ3) is 4.01. The highest BCUT2D eigenvalue weighted by molar-refractivity contribution is 5.90. The van der Waals surface area contributed by atoms with E-state index in [1.54, 1.807) is 0 Å². The molecule has 0 bridgehead atoms. The summed E-state index contributed by atoms with van der Waals surface area (Å²) in [7, 11) is 0. The fraction of sp³-hybridized carbons (Fsp3) is 0.688. The van der Waals surface area contributed by atoms with Crippen LogP contribution in [0.25, 0.3) is 0 Å². The third-order valence-electron chi connectivity index (χ3n) is 3.51. The van der Waals surface area contributed by atoms with E-state index in [9.17, 15) is 4.79 Å². The van der Waals surface area contributed by atoms with Gasteiger partial charge in [0.1, 0.15) is 6.61 Å². The van der Waals surface area contributed by atoms with Gasteiger partial charge >= 0.3 is 5.97 Å². The monoisotopic (exact) mass is 250 g/mol. The summed E-state index contributed by atoms with van der Waals surface area (Å²) in [4.78, 5) is 11.6. The van der Waals surface area contributed by atoms with E-state index in [4.69, 9.17) is 4.74 Å². The second-order valence-electron chi connectivity index (χ2n) is 5.75. The summed E-state index contributed by atoms with van der Waals surface area (Å²) in [5, 5.41) is 0. The highest BCUT2D eigenvalue weighted by Gasteiger charge is 2.32. The summed E-state index contributed by atoms with van der Waals surface area (Å²) < 4.78 is 5.16. The molecular weight excluding hydrogens is 224 g/mol. The number of rotatable bonds is 6. The van der Waals surface area contributed by atoms with Gasteiger partial charge in [-0.25, -0.2) is 4.79 Å². The lowest BCUT2D eigenvalue weighted by Gasteiger charge is -2.31. The van der Waals surface area contributed by atoms with E-state index in [1.807, 2.05) is 6.92 Å². The van der Waals surface area contributed by atoms with Gasteiger partial charge < -0.3 is 4.74 Å². The van der Waals surface area contributed by atoms with Crippen molar-refractivity contribution >= 4 is 5.97 Å². The van der Waals surface area contributed by atoms with Crippen LogP contribution in [0.15, 0.2) is 23.3 Å². The van der Waals surface area contributed by atoms with Gasteiger partial charge in [0.25, 0.3) is 0 Å². The van der Waals surface area contributed by atoms with Crippen molar-refractivity contribution in [1.29, 1.82) is 0 Å². The fourth-order valence-electron chi connectivity index (χ4n) is 2.29. The second kappa shape index (κ2) is 6.77. The average Bonchev–Trinajstić information content (AvgIpc) is 2.32. The maximum absolute atomic E-state index is 11.6. The topological polar surface area (TPSA) is 26.3 Å². The zero-order valence-electron chi connectivity index (χ0n) is 12.2. The molecular formula is C16H26O2. The number of unbranched alkanes of at least 4 members (excludes halogenated alkanes) is 4. The average molecular weight is 250 g/mol. The van der Waals surface area contributed by atoms with Gasteiger partial charge in [-0.1, -0.05) is 52.2 Å². The number of cyclic esters (lactones) is 1. The number of hydrogen-bond acceptors (Lipinski definition) is 2. The predicted octanol–water partition coefficient (Wildman–Crippen LogP) is 4.41. The lowest BCUT2D eigenvalue weighted by atomic mass is 9.80. The first-order chi connectivity index (χ1) is 8.49. The van der Waals surface area contributed by atoms with Gasteiger partial charge in [-0.2, -0.15) is 0 Å². The van der Waals surface area contributed by atoms with Gasteiger partial charge in [0.2, 0.25) is 0 Å². The molecule has 0 radical (unpaired) electrons. The Kier molecular flexibility index (Phi) is 5.64. The van der Waals surface area contributed by atoms with Crippen LogP contribution in [0.4, 0.5) is 0 Å². The summed E-state index contributed by atoms with van der Waals surface area (Å²) in [6.07, 6.45) is 10.5. The van der Waals surface area contributed by atoms with Crippen LogP contribution in [0.2, 0.25) is 0 Å². The lowest BCUT2D eigenvalue weighted by molar-refractivity contribution is -0.143. The van der Waals surface area contributed by atoms with E-state index in [0.29, 0.717) is 6.61 Å². The van der Waals surface area contributed by atoms with Gasteiger partial charge in [-0.15, -0.1) is 0 Å². The number of ether oxygens (including phenoxy) is 1. The molecule has 18 heavy (non-hydrogen) atoms. The molecule has 0 aromatic carbocycles. The molecule has 0 saturated heterocycles. The van der Waals surface area contributed by atoms with Gasteiger partial charge in [0, 0.05) is 11.0 Å². The molecule has 0 N–H and O–H groups in total. The summed E-state index contributed by atoms with van der Waals surface area (Å²) in [5.74, 6) is -0.167. The van der Waals surface area contributed by atoms with Crippen LogP contribution in [-0.4, -0.2) is 12.6 Å². The SMILES string of the molecule is CCCCCC/C=C/C1=C(C)C(=O)OCC1(C)C. The molecule has 1 rings (SSSR count). The van der Waals surface area contributed by atoms with Crippen molar-refractivity contribution in [2.24, 2.45) is 5.41 Å². The summed E-state index contributed by atoms with van der Waals surface area (Å²) in [5.41, 5.74) is 1.84. The van der Waals surface area contributed by atoms with E-state index in [0.717, 1.165) is 17.6 Å². The van der Waals surface area contributed by atoms with Crippen molar-refractivity contribution in [2.45, 2.75) is 59.8 Å². The fourth-order valence-corrected chi connectivity index (χ4v) is 2.29. The maximum atomic E-state index is 11.6. The Bertz CT molecular complexity index is 348. The van der Waals surface area contributed by atoms with E-state index >= 15 is 0 Å². The molecule has 102 valence electrons. The van der Waals surface area contributed by atoms with E-state index in [-0.39, 0.29) is 11.4 Å². The summed E-state index contributed by atoms with van der Waals surface area (Å²) in [6, 6.07) is 0. The Morgan fingerprint density at radius 1 is 1.28 bits per heavy atom. The van der Waals surface area contributed by atoms with Crippen molar-refractivity contribution in [3.63, 3.8) is 0 Å². The minimum Gasteiger partial charge on any atom is -0.461 e. The van der Waals surface area contributed by atoms with Crippen molar-refractivity contribution in [3.05, 3.63) is 23.3 Å². The van der Waals surface area contributed by atoms with Crippen LogP contribution in [-0.2, 0) is 9.53 Å². The van der Waals surface area contributed by atoms with Gasteiger partial charge in [0.15, 0.2) is 0 Å². The van der Waals surface area contributed by atoms with Crippen molar-refractivity contribution in [2.75, 3.05) is 6.61 Å². The quantitative estimate of drug-likeness (QED) is 0.515. The normalized spacial score (nSPS) is 19.4. The van der Waals surface area contributed by atoms with Crippen molar-refractivity contribution in [3.8, 4) is 0 Å². The third-order valence-corrected chi connectivity index (χ3v) is 3.51. The van der Waals surface area contributed by atoms with Crippen LogP contribution >= 0.6 is 0 Å². The minimum absolute atomic E-state index is 0.0576.